The summed E-state index contributed by atoms with van der Waals surface area (Å²) in [6, 6.07) is 14.4. The summed E-state index contributed by atoms with van der Waals surface area (Å²) in [6.45, 7) is 31.2. The maximum absolute atomic E-state index is 2.53. The fourth-order valence-electron chi connectivity index (χ4n) is 5.14. The van der Waals surface area contributed by atoms with Gasteiger partial charge < -0.3 is 0 Å². The van der Waals surface area contributed by atoms with Crippen LogP contribution in [0.25, 0.3) is 11.1 Å². The molecule has 0 spiro atoms. The predicted octanol–water partition coefficient (Wildman–Crippen LogP) is 10.1. The van der Waals surface area contributed by atoms with E-state index in [4.69, 9.17) is 0 Å². The Morgan fingerprint density at radius 1 is 0.656 bits per heavy atom. The van der Waals surface area contributed by atoms with E-state index in [1.54, 1.807) is 10.9 Å². The molecule has 0 aliphatic carbocycles. The first-order valence-corrected chi connectivity index (χ1v) is 14.0. The smallest absolute Gasteiger partial charge is 0.0101 e. The maximum atomic E-state index is 2.53. The van der Waals surface area contributed by atoms with Crippen molar-refractivity contribution < 1.29 is 0 Å². The van der Waals surface area contributed by atoms with E-state index in [2.05, 4.69) is 126 Å². The van der Waals surface area contributed by atoms with Crippen LogP contribution in [0.1, 0.15) is 124 Å². The second-order valence-electron chi connectivity index (χ2n) is 12.6. The molecule has 1 unspecified atom stereocenters. The van der Waals surface area contributed by atoms with Crippen LogP contribution in [-0.2, 0) is 0 Å². The first-order valence-electron chi connectivity index (χ1n) is 12.6. The van der Waals surface area contributed by atoms with Crippen LogP contribution in [0.4, 0.5) is 0 Å². The van der Waals surface area contributed by atoms with E-state index in [9.17, 15) is 0 Å². The summed E-state index contributed by atoms with van der Waals surface area (Å²) in [5, 5.41) is 2.05. The highest BCUT2D eigenvalue weighted by Crippen LogP contribution is 2.60. The zero-order valence-electron chi connectivity index (χ0n) is 23.2. The Morgan fingerprint density at radius 2 is 1.16 bits per heavy atom. The van der Waals surface area contributed by atoms with E-state index in [0.717, 1.165) is 0 Å². The van der Waals surface area contributed by atoms with Crippen LogP contribution in [-0.4, -0.2) is 10.3 Å². The summed E-state index contributed by atoms with van der Waals surface area (Å²) in [5.41, 5.74) is 7.53. The fraction of sp³-hybridized carbons (Fsp3) is 0.613. The minimum Gasteiger partial charge on any atom is -0.0636 e. The first kappa shape index (κ1) is 27.1. The molecule has 0 nitrogen and oxygen atoms in total. The predicted molar refractivity (Wildman–Crippen MR) is 149 cm³/mol. The topological polar surface area (TPSA) is 0 Å². The quantitative estimate of drug-likeness (QED) is 0.382. The molecule has 32 heavy (non-hydrogen) atoms. The Kier molecular flexibility index (Phi) is 8.48. The van der Waals surface area contributed by atoms with Crippen LogP contribution in [0.2, 0.25) is 0 Å². The van der Waals surface area contributed by atoms with Gasteiger partial charge in [0.05, 0.1) is 0 Å². The van der Waals surface area contributed by atoms with E-state index in [1.165, 1.54) is 22.3 Å². The summed E-state index contributed by atoms with van der Waals surface area (Å²) in [5.74, 6) is 2.15. The van der Waals surface area contributed by atoms with Gasteiger partial charge in [-0.3, -0.25) is 0 Å². The van der Waals surface area contributed by atoms with Gasteiger partial charge in [-0.15, -0.1) is 0 Å². The van der Waals surface area contributed by atoms with Crippen molar-refractivity contribution in [2.24, 2.45) is 5.92 Å². The highest BCUT2D eigenvalue weighted by Gasteiger charge is 2.37. The molecule has 0 aliphatic rings. The fourth-order valence-corrected chi connectivity index (χ4v) is 9.26. The van der Waals surface area contributed by atoms with E-state index in [1.807, 2.05) is 0 Å². The minimum atomic E-state index is -0.381. The molecule has 0 saturated carbocycles. The van der Waals surface area contributed by atoms with Gasteiger partial charge in [-0.1, -0.05) is 134 Å². The first-order chi connectivity index (χ1) is 14.6. The summed E-state index contributed by atoms with van der Waals surface area (Å²) in [7, 11) is -0.381. The van der Waals surface area contributed by atoms with E-state index < -0.39 is 0 Å². The molecule has 0 radical (unpaired) electrons. The van der Waals surface area contributed by atoms with Gasteiger partial charge >= 0.3 is 0 Å². The standard InChI is InChI=1S/C31H49P/c1-20(2)23(7)27-19-24(21(3)4)18-26(22(5)6)29(27)25-16-14-15-17-28(25)32(30(8,9)10)31(11,12)13/h14-23H,1-13H3. The average Bonchev–Trinajstić information content (AvgIpc) is 2.64. The third-order valence-electron chi connectivity index (χ3n) is 6.76. The lowest BCUT2D eigenvalue weighted by molar-refractivity contribution is 0.534. The molecule has 0 fully saturated rings. The molecule has 0 N–H and O–H groups in total. The molecule has 0 amide bonds. The van der Waals surface area contributed by atoms with Gasteiger partial charge in [-0.05, 0) is 67.1 Å². The van der Waals surface area contributed by atoms with E-state index in [0.29, 0.717) is 23.7 Å². The zero-order valence-corrected chi connectivity index (χ0v) is 24.1. The molecule has 1 heteroatoms. The molecule has 2 aromatic carbocycles. The summed E-state index contributed by atoms with van der Waals surface area (Å²) >= 11 is 0. The third-order valence-corrected chi connectivity index (χ3v) is 10.3. The van der Waals surface area contributed by atoms with Gasteiger partial charge in [0, 0.05) is 0 Å². The van der Waals surface area contributed by atoms with Crippen molar-refractivity contribution in [2.75, 3.05) is 0 Å². The molecular weight excluding hydrogens is 403 g/mol. The molecule has 0 aliphatic heterocycles. The van der Waals surface area contributed by atoms with E-state index in [-0.39, 0.29) is 18.2 Å². The third kappa shape index (κ3) is 5.86. The van der Waals surface area contributed by atoms with Crippen LogP contribution >= 0.6 is 7.92 Å². The van der Waals surface area contributed by atoms with Crippen molar-refractivity contribution in [3.05, 3.63) is 53.1 Å². The maximum Gasteiger partial charge on any atom is -0.0101 e. The van der Waals surface area contributed by atoms with Crippen molar-refractivity contribution in [3.8, 4) is 11.1 Å². The van der Waals surface area contributed by atoms with Crippen LogP contribution in [0.15, 0.2) is 36.4 Å². The van der Waals surface area contributed by atoms with Gasteiger partial charge in [-0.2, -0.15) is 0 Å². The Labute approximate surface area is 201 Å². The molecule has 0 bridgehead atoms. The van der Waals surface area contributed by atoms with Crippen molar-refractivity contribution in [3.63, 3.8) is 0 Å². The van der Waals surface area contributed by atoms with Gasteiger partial charge in [0.1, 0.15) is 0 Å². The number of rotatable bonds is 6. The normalized spacial score (nSPS) is 14.2. The molecule has 2 rings (SSSR count). The van der Waals surface area contributed by atoms with Gasteiger partial charge in [0.25, 0.3) is 0 Å². The molecular formula is C31H49P. The lowest BCUT2D eigenvalue weighted by atomic mass is 9.78. The monoisotopic (exact) mass is 452 g/mol. The number of hydrogen-bond acceptors (Lipinski definition) is 0. The highest BCUT2D eigenvalue weighted by atomic mass is 31.1. The Morgan fingerprint density at radius 3 is 1.59 bits per heavy atom. The highest BCUT2D eigenvalue weighted by molar-refractivity contribution is 7.68. The molecule has 0 heterocycles. The summed E-state index contributed by atoms with van der Waals surface area (Å²) in [6.07, 6.45) is 0. The van der Waals surface area contributed by atoms with Crippen LogP contribution in [0.5, 0.6) is 0 Å². The number of hydrogen-bond donors (Lipinski definition) is 0. The SMILES string of the molecule is CC(C)c1cc(C(C)C)c(-c2ccccc2P(C(C)(C)C)C(C)(C)C)c(C(C)C(C)C)c1. The minimum absolute atomic E-state index is 0.239. The lowest BCUT2D eigenvalue weighted by Gasteiger charge is -2.43. The van der Waals surface area contributed by atoms with Gasteiger partial charge in [-0.25, -0.2) is 0 Å². The molecule has 1 atom stereocenters. The van der Waals surface area contributed by atoms with Crippen molar-refractivity contribution in [1.82, 2.24) is 0 Å². The van der Waals surface area contributed by atoms with Crippen LogP contribution in [0, 0.1) is 5.92 Å². The second-order valence-corrected chi connectivity index (χ2v) is 16.4. The van der Waals surface area contributed by atoms with E-state index >= 15 is 0 Å². The molecule has 0 saturated heterocycles. The van der Waals surface area contributed by atoms with Crippen LogP contribution in [0.3, 0.4) is 0 Å². The van der Waals surface area contributed by atoms with Crippen molar-refractivity contribution in [2.45, 2.75) is 118 Å². The largest absolute Gasteiger partial charge is 0.0636 e. The second kappa shape index (κ2) is 10.0. The summed E-state index contributed by atoms with van der Waals surface area (Å²) < 4.78 is 0. The molecule has 0 aromatic heterocycles. The number of benzene rings is 2. The van der Waals surface area contributed by atoms with Gasteiger partial charge in [0.2, 0.25) is 0 Å². The average molecular weight is 453 g/mol. The Bertz CT molecular complexity index is 889. The lowest BCUT2D eigenvalue weighted by Crippen LogP contribution is -2.32. The summed E-state index contributed by atoms with van der Waals surface area (Å²) in [4.78, 5) is 0. The molecule has 2 aromatic rings. The van der Waals surface area contributed by atoms with Crippen LogP contribution < -0.4 is 5.30 Å². The van der Waals surface area contributed by atoms with Crippen molar-refractivity contribution >= 4 is 13.2 Å². The Hall–Kier alpha value is -1.13. The van der Waals surface area contributed by atoms with Gasteiger partial charge in [0.15, 0.2) is 0 Å². The zero-order chi connectivity index (χ0) is 24.6. The van der Waals surface area contributed by atoms with Crippen molar-refractivity contribution in [1.29, 1.82) is 0 Å². The Balaban J connectivity index is 3.01. The molecule has 178 valence electrons.